The van der Waals surface area contributed by atoms with Gasteiger partial charge in [0.1, 0.15) is 0 Å². The van der Waals surface area contributed by atoms with E-state index in [9.17, 15) is 0 Å². The molecule has 0 amide bonds. The molecule has 1 saturated heterocycles. The number of aryl methyl sites for hydroxylation is 1. The topological polar surface area (TPSA) is 31.4 Å². The van der Waals surface area contributed by atoms with Crippen molar-refractivity contribution < 1.29 is 9.47 Å². The van der Waals surface area contributed by atoms with Gasteiger partial charge in [-0.15, -0.1) is 0 Å². The van der Waals surface area contributed by atoms with Gasteiger partial charge in [-0.25, -0.2) is 4.98 Å². The Morgan fingerprint density at radius 3 is 2.94 bits per heavy atom. The molecular weight excluding hydrogens is 270 g/mol. The van der Waals surface area contributed by atoms with Crippen LogP contribution in [0.5, 0.6) is 5.88 Å². The van der Waals surface area contributed by atoms with E-state index in [1.807, 2.05) is 13.0 Å². The van der Waals surface area contributed by atoms with Crippen molar-refractivity contribution in [3.8, 4) is 5.88 Å². The average molecular weight is 286 g/mol. The maximum atomic E-state index is 5.74. The number of aromatic nitrogens is 1. The van der Waals surface area contributed by atoms with E-state index in [4.69, 9.17) is 9.47 Å². The molecule has 0 radical (unpaired) electrons. The summed E-state index contributed by atoms with van der Waals surface area (Å²) in [5.41, 5.74) is 1.07. The first-order valence-electron chi connectivity index (χ1n) is 5.58. The van der Waals surface area contributed by atoms with Gasteiger partial charge in [-0.1, -0.05) is 0 Å². The highest BCUT2D eigenvalue weighted by Crippen LogP contribution is 2.21. The molecule has 0 spiro atoms. The van der Waals surface area contributed by atoms with Crippen molar-refractivity contribution in [3.05, 3.63) is 22.3 Å². The van der Waals surface area contributed by atoms with Gasteiger partial charge >= 0.3 is 0 Å². The van der Waals surface area contributed by atoms with Gasteiger partial charge in [-0.3, -0.25) is 0 Å². The Morgan fingerprint density at radius 2 is 2.25 bits per heavy atom. The van der Waals surface area contributed by atoms with Crippen molar-refractivity contribution in [2.75, 3.05) is 19.8 Å². The van der Waals surface area contributed by atoms with Crippen LogP contribution in [0.2, 0.25) is 0 Å². The summed E-state index contributed by atoms with van der Waals surface area (Å²) in [6.07, 6.45) is 3.96. The Morgan fingerprint density at radius 1 is 1.50 bits per heavy atom. The fourth-order valence-electron chi connectivity index (χ4n) is 1.79. The number of ether oxygens (including phenoxy) is 2. The minimum absolute atomic E-state index is 0.610. The summed E-state index contributed by atoms with van der Waals surface area (Å²) < 4.78 is 12.0. The lowest BCUT2D eigenvalue weighted by atomic mass is 10.0. The molecule has 16 heavy (non-hydrogen) atoms. The van der Waals surface area contributed by atoms with Gasteiger partial charge in [-0.2, -0.15) is 0 Å². The van der Waals surface area contributed by atoms with Crippen molar-refractivity contribution in [1.82, 2.24) is 4.98 Å². The molecule has 1 aliphatic heterocycles. The van der Waals surface area contributed by atoms with Crippen LogP contribution in [-0.2, 0) is 4.74 Å². The highest BCUT2D eigenvalue weighted by Gasteiger charge is 2.15. The summed E-state index contributed by atoms with van der Waals surface area (Å²) in [5.74, 6) is 1.35. The molecule has 0 aromatic carbocycles. The van der Waals surface area contributed by atoms with Crippen molar-refractivity contribution in [1.29, 1.82) is 0 Å². The second kappa shape index (κ2) is 5.64. The zero-order valence-electron chi connectivity index (χ0n) is 9.41. The Balaban J connectivity index is 1.88. The van der Waals surface area contributed by atoms with Gasteiger partial charge in [0.25, 0.3) is 0 Å². The monoisotopic (exact) mass is 285 g/mol. The molecule has 0 atom stereocenters. The van der Waals surface area contributed by atoms with Crippen molar-refractivity contribution in [3.63, 3.8) is 0 Å². The lowest BCUT2D eigenvalue weighted by Crippen LogP contribution is -2.21. The molecule has 2 heterocycles. The molecular formula is C12H16BrNO2. The largest absolute Gasteiger partial charge is 0.477 e. The van der Waals surface area contributed by atoms with Crippen molar-refractivity contribution >= 4 is 15.9 Å². The van der Waals surface area contributed by atoms with Gasteiger partial charge in [-0.05, 0) is 47.7 Å². The van der Waals surface area contributed by atoms with Gasteiger partial charge < -0.3 is 9.47 Å². The molecule has 1 aromatic heterocycles. The Hall–Kier alpha value is -0.610. The van der Waals surface area contributed by atoms with E-state index in [0.717, 1.165) is 48.6 Å². The third-order valence-electron chi connectivity index (χ3n) is 2.79. The van der Waals surface area contributed by atoms with Crippen LogP contribution >= 0.6 is 15.9 Å². The van der Waals surface area contributed by atoms with Crippen LogP contribution < -0.4 is 4.74 Å². The third kappa shape index (κ3) is 3.19. The van der Waals surface area contributed by atoms with E-state index in [2.05, 4.69) is 20.9 Å². The second-order valence-electron chi connectivity index (χ2n) is 4.14. The molecule has 3 nitrogen and oxygen atoms in total. The summed E-state index contributed by atoms with van der Waals surface area (Å²) in [4.78, 5) is 4.26. The average Bonchev–Trinajstić information content (AvgIpc) is 2.29. The number of halogens is 1. The summed E-state index contributed by atoms with van der Waals surface area (Å²) in [5, 5.41) is 0. The molecule has 0 saturated carbocycles. The third-order valence-corrected chi connectivity index (χ3v) is 3.23. The van der Waals surface area contributed by atoms with Crippen LogP contribution in [0.3, 0.4) is 0 Å². The predicted octanol–water partition coefficient (Wildman–Crippen LogP) is 2.96. The van der Waals surface area contributed by atoms with Crippen molar-refractivity contribution in [2.24, 2.45) is 5.92 Å². The van der Waals surface area contributed by atoms with E-state index in [1.165, 1.54) is 0 Å². The first kappa shape index (κ1) is 11.9. The molecule has 0 unspecified atom stereocenters. The smallest absolute Gasteiger partial charge is 0.216 e. The van der Waals surface area contributed by atoms with Crippen LogP contribution in [0, 0.1) is 12.8 Å². The minimum Gasteiger partial charge on any atom is -0.477 e. The van der Waals surface area contributed by atoms with Crippen LogP contribution in [0.1, 0.15) is 18.4 Å². The molecule has 2 rings (SSSR count). The summed E-state index contributed by atoms with van der Waals surface area (Å²) in [7, 11) is 0. The molecule has 1 aromatic rings. The predicted molar refractivity (Wildman–Crippen MR) is 65.7 cm³/mol. The minimum atomic E-state index is 0.610. The first-order valence-corrected chi connectivity index (χ1v) is 6.37. The Kier molecular flexibility index (Phi) is 4.18. The van der Waals surface area contributed by atoms with E-state index < -0.39 is 0 Å². The van der Waals surface area contributed by atoms with E-state index in [-0.39, 0.29) is 0 Å². The van der Waals surface area contributed by atoms with Gasteiger partial charge in [0.15, 0.2) is 0 Å². The number of rotatable bonds is 3. The zero-order chi connectivity index (χ0) is 11.4. The standard InChI is InChI=1S/C12H16BrNO2/c1-9-6-11(13)7-14-12(9)16-8-10-2-4-15-5-3-10/h6-7,10H,2-5,8H2,1H3. The van der Waals surface area contributed by atoms with Gasteiger partial charge in [0.2, 0.25) is 5.88 Å². The fourth-order valence-corrected chi connectivity index (χ4v) is 2.23. The maximum Gasteiger partial charge on any atom is 0.216 e. The quantitative estimate of drug-likeness (QED) is 0.856. The van der Waals surface area contributed by atoms with Gasteiger partial charge in [0, 0.05) is 29.4 Å². The highest BCUT2D eigenvalue weighted by molar-refractivity contribution is 9.10. The Bertz CT molecular complexity index is 351. The lowest BCUT2D eigenvalue weighted by Gasteiger charge is -2.22. The van der Waals surface area contributed by atoms with E-state index in [0.29, 0.717) is 5.92 Å². The van der Waals surface area contributed by atoms with Crippen LogP contribution in [-0.4, -0.2) is 24.8 Å². The molecule has 0 aliphatic carbocycles. The van der Waals surface area contributed by atoms with Crippen LogP contribution in [0.15, 0.2) is 16.7 Å². The molecule has 1 aliphatic rings. The molecule has 1 fully saturated rings. The van der Waals surface area contributed by atoms with Gasteiger partial charge in [0.05, 0.1) is 6.61 Å². The SMILES string of the molecule is Cc1cc(Br)cnc1OCC1CCOCC1. The first-order chi connectivity index (χ1) is 7.75. The number of nitrogens with zero attached hydrogens (tertiary/aromatic N) is 1. The number of hydrogen-bond acceptors (Lipinski definition) is 3. The zero-order valence-corrected chi connectivity index (χ0v) is 11.0. The summed E-state index contributed by atoms with van der Waals surface area (Å²) in [6, 6.07) is 2.02. The highest BCUT2D eigenvalue weighted by atomic mass is 79.9. The fraction of sp³-hybridized carbons (Fsp3) is 0.583. The lowest BCUT2D eigenvalue weighted by molar-refractivity contribution is 0.0489. The normalized spacial score (nSPS) is 17.4. The Labute approximate surface area is 104 Å². The molecule has 0 bridgehead atoms. The maximum absolute atomic E-state index is 5.74. The van der Waals surface area contributed by atoms with E-state index in [1.54, 1.807) is 6.20 Å². The number of hydrogen-bond donors (Lipinski definition) is 0. The second-order valence-corrected chi connectivity index (χ2v) is 5.06. The summed E-state index contributed by atoms with van der Waals surface area (Å²) in [6.45, 7) is 4.48. The molecule has 88 valence electrons. The number of pyridine rings is 1. The summed E-state index contributed by atoms with van der Waals surface area (Å²) >= 11 is 3.39. The van der Waals surface area contributed by atoms with Crippen LogP contribution in [0.4, 0.5) is 0 Å². The van der Waals surface area contributed by atoms with Crippen LogP contribution in [0.25, 0.3) is 0 Å². The van der Waals surface area contributed by atoms with Crippen molar-refractivity contribution in [2.45, 2.75) is 19.8 Å². The molecule has 4 heteroatoms. The molecule has 0 N–H and O–H groups in total. The van der Waals surface area contributed by atoms with E-state index >= 15 is 0 Å².